The highest BCUT2D eigenvalue weighted by Gasteiger charge is 2.29. The standard InChI is InChI=1S/C42H52N12O5/c1-3-32-41(59)50-35(23-30-25-47-33-10-5-4-9-31(30)33)40(58)44-16-8-18-54-28(2)48-34-12-11-29(24-36(34)54)39(57)43-15-7-17-53(26-37(55)49-32)38(56)27-51-19-21-52(22-20-51)42-45-13-6-14-46-42/h4-6,9-14,24-25,32,35,47H,3,7-8,15-23,26-27H2,1-2H3,(H,43,57)(H,44,58)(H,49,55)(H,50,59)/t32-,35+/m0/s1. The maximum absolute atomic E-state index is 13.9. The van der Waals surface area contributed by atoms with Gasteiger partial charge in [0.15, 0.2) is 0 Å². The summed E-state index contributed by atoms with van der Waals surface area (Å²) in [6, 6.07) is 13.0. The van der Waals surface area contributed by atoms with Crippen molar-refractivity contribution < 1.29 is 24.0 Å². The topological polar surface area (TPSA) is 203 Å². The second-order valence-electron chi connectivity index (χ2n) is 15.0. The Kier molecular flexibility index (Phi) is 13.1. The summed E-state index contributed by atoms with van der Waals surface area (Å²) >= 11 is 0. The van der Waals surface area contributed by atoms with Crippen LogP contribution in [-0.4, -0.2) is 135 Å². The predicted molar refractivity (Wildman–Crippen MR) is 222 cm³/mol. The Morgan fingerprint density at radius 2 is 1.59 bits per heavy atom. The summed E-state index contributed by atoms with van der Waals surface area (Å²) in [6.07, 6.45) is 6.69. The van der Waals surface area contributed by atoms with Crippen LogP contribution >= 0.6 is 0 Å². The lowest BCUT2D eigenvalue weighted by Crippen LogP contribution is -2.56. The number of rotatable bonds is 6. The van der Waals surface area contributed by atoms with Crippen LogP contribution in [-0.2, 0) is 32.1 Å². The molecule has 2 aliphatic heterocycles. The van der Waals surface area contributed by atoms with Crippen LogP contribution in [0.4, 0.5) is 5.95 Å². The molecule has 5 heterocycles. The number of H-pyrrole nitrogens is 1. The van der Waals surface area contributed by atoms with Crippen LogP contribution in [0, 0.1) is 6.92 Å². The summed E-state index contributed by atoms with van der Waals surface area (Å²) in [7, 11) is 0. The largest absolute Gasteiger partial charge is 0.361 e. The maximum Gasteiger partial charge on any atom is 0.251 e. The monoisotopic (exact) mass is 804 g/mol. The number of piperazine rings is 1. The number of nitrogens with one attached hydrogen (secondary N) is 5. The summed E-state index contributed by atoms with van der Waals surface area (Å²) in [5, 5.41) is 12.7. The summed E-state index contributed by atoms with van der Waals surface area (Å²) in [4.78, 5) is 90.7. The van der Waals surface area contributed by atoms with E-state index in [-0.39, 0.29) is 56.7 Å². The number of amides is 5. The zero-order chi connectivity index (χ0) is 41.3. The molecule has 2 atom stereocenters. The van der Waals surface area contributed by atoms with Gasteiger partial charge in [-0.3, -0.25) is 28.9 Å². The molecule has 59 heavy (non-hydrogen) atoms. The van der Waals surface area contributed by atoms with Gasteiger partial charge in [-0.05, 0) is 62.1 Å². The van der Waals surface area contributed by atoms with Crippen LogP contribution in [0.1, 0.15) is 47.9 Å². The van der Waals surface area contributed by atoms with Gasteiger partial charge in [-0.15, -0.1) is 0 Å². The van der Waals surface area contributed by atoms with Crippen molar-refractivity contribution in [2.75, 3.05) is 63.8 Å². The molecule has 0 unspecified atom stereocenters. The molecule has 0 radical (unpaired) electrons. The molecule has 310 valence electrons. The molecule has 17 heteroatoms. The molecule has 5 amide bonds. The Hall–Kier alpha value is -6.36. The van der Waals surface area contributed by atoms with Crippen LogP contribution in [0.3, 0.4) is 0 Å². The van der Waals surface area contributed by atoms with Crippen molar-refractivity contribution in [3.8, 4) is 0 Å². The Morgan fingerprint density at radius 1 is 0.831 bits per heavy atom. The zero-order valence-electron chi connectivity index (χ0n) is 33.6. The van der Waals surface area contributed by atoms with E-state index in [0.29, 0.717) is 63.6 Å². The molecule has 2 aliphatic rings. The lowest BCUT2D eigenvalue weighted by Gasteiger charge is -2.35. The summed E-state index contributed by atoms with van der Waals surface area (Å²) in [6.45, 7) is 7.33. The molecule has 3 aromatic heterocycles. The van der Waals surface area contributed by atoms with Crippen molar-refractivity contribution >= 4 is 57.4 Å². The fourth-order valence-corrected chi connectivity index (χ4v) is 7.72. The average Bonchev–Trinajstić information content (AvgIpc) is 3.81. The first-order chi connectivity index (χ1) is 28.7. The zero-order valence-corrected chi connectivity index (χ0v) is 33.6. The molecule has 0 spiro atoms. The number of nitrogens with zero attached hydrogens (tertiary/aromatic N) is 7. The Labute approximate surface area is 342 Å². The molecular formula is C42H52N12O5. The molecule has 1 saturated heterocycles. The number of aromatic amines is 1. The van der Waals surface area contributed by atoms with E-state index >= 15 is 0 Å². The fourth-order valence-electron chi connectivity index (χ4n) is 7.72. The van der Waals surface area contributed by atoms with E-state index in [1.165, 1.54) is 4.90 Å². The number of hydrogen-bond acceptors (Lipinski definition) is 10. The number of para-hydroxylation sites is 1. The minimum Gasteiger partial charge on any atom is -0.361 e. The smallest absolute Gasteiger partial charge is 0.251 e. The highest BCUT2D eigenvalue weighted by Crippen LogP contribution is 2.21. The number of aromatic nitrogens is 5. The second kappa shape index (κ2) is 18.9. The fraction of sp³-hybridized carbons (Fsp3) is 0.429. The van der Waals surface area contributed by atoms with E-state index in [0.717, 1.165) is 33.3 Å². The summed E-state index contributed by atoms with van der Waals surface area (Å²) < 4.78 is 2.03. The van der Waals surface area contributed by atoms with Gasteiger partial charge in [0.1, 0.15) is 17.9 Å². The normalized spacial score (nSPS) is 19.8. The van der Waals surface area contributed by atoms with Gasteiger partial charge in [0, 0.05) is 93.8 Å². The van der Waals surface area contributed by atoms with Crippen LogP contribution in [0.5, 0.6) is 0 Å². The molecule has 2 bridgehead atoms. The molecule has 5 N–H and O–H groups in total. The number of fused-ring (bicyclic) bond motifs is 2. The molecule has 1 fully saturated rings. The van der Waals surface area contributed by atoms with Crippen molar-refractivity contribution in [3.05, 3.63) is 84.1 Å². The minimum absolute atomic E-state index is 0.0958. The van der Waals surface area contributed by atoms with Crippen molar-refractivity contribution in [1.29, 1.82) is 0 Å². The van der Waals surface area contributed by atoms with Crippen molar-refractivity contribution in [1.82, 2.24) is 55.6 Å². The molecule has 5 aromatic rings. The molecular weight excluding hydrogens is 753 g/mol. The average molecular weight is 805 g/mol. The number of benzene rings is 2. The third-order valence-electron chi connectivity index (χ3n) is 11.0. The Morgan fingerprint density at radius 3 is 2.39 bits per heavy atom. The van der Waals surface area contributed by atoms with Gasteiger partial charge in [-0.25, -0.2) is 15.0 Å². The van der Waals surface area contributed by atoms with E-state index in [2.05, 4.69) is 46.1 Å². The minimum atomic E-state index is -0.955. The number of anilines is 1. The maximum atomic E-state index is 13.9. The number of hydrogen-bond donors (Lipinski definition) is 5. The number of carbonyl (C=O) groups excluding carboxylic acids is 5. The van der Waals surface area contributed by atoms with E-state index in [1.54, 1.807) is 31.5 Å². The quantitative estimate of drug-likeness (QED) is 0.168. The van der Waals surface area contributed by atoms with Gasteiger partial charge >= 0.3 is 0 Å². The molecule has 17 nitrogen and oxygen atoms in total. The first-order valence-electron chi connectivity index (χ1n) is 20.4. The van der Waals surface area contributed by atoms with Crippen LogP contribution in [0.2, 0.25) is 0 Å². The molecule has 0 saturated carbocycles. The van der Waals surface area contributed by atoms with Gasteiger partial charge in [0.25, 0.3) is 5.91 Å². The first kappa shape index (κ1) is 40.8. The highest BCUT2D eigenvalue weighted by molar-refractivity contribution is 5.97. The van der Waals surface area contributed by atoms with Gasteiger partial charge in [-0.2, -0.15) is 0 Å². The number of carbonyl (C=O) groups is 5. The van der Waals surface area contributed by atoms with Gasteiger partial charge in [-0.1, -0.05) is 25.1 Å². The Bertz CT molecular complexity index is 2280. The molecule has 0 aliphatic carbocycles. The third-order valence-corrected chi connectivity index (χ3v) is 11.0. The summed E-state index contributed by atoms with van der Waals surface area (Å²) in [5.41, 5.74) is 3.82. The van der Waals surface area contributed by atoms with Crippen LogP contribution in [0.15, 0.2) is 67.1 Å². The lowest BCUT2D eigenvalue weighted by atomic mass is 10.0. The molecule has 2 aromatic carbocycles. The van der Waals surface area contributed by atoms with Crippen LogP contribution in [0.25, 0.3) is 21.9 Å². The summed E-state index contributed by atoms with van der Waals surface area (Å²) in [5.74, 6) is -0.440. The lowest BCUT2D eigenvalue weighted by molar-refractivity contribution is -0.138. The van der Waals surface area contributed by atoms with Crippen molar-refractivity contribution in [3.63, 3.8) is 0 Å². The highest BCUT2D eigenvalue weighted by atomic mass is 16.2. The number of imidazole rings is 1. The SMILES string of the molecule is CC[C@@H]1NC(=O)CN(C(=O)CN2CCN(c3ncccn3)CC2)CCCNC(=O)c2ccc3nc(C)n(c3c2)CCCNC(=O)[C@@H](Cc2c[nH]c3ccccc23)NC1=O. The van der Waals surface area contributed by atoms with E-state index in [4.69, 9.17) is 0 Å². The first-order valence-corrected chi connectivity index (χ1v) is 20.4. The van der Waals surface area contributed by atoms with Gasteiger partial charge in [0.2, 0.25) is 29.6 Å². The van der Waals surface area contributed by atoms with Crippen LogP contribution < -0.4 is 26.2 Å². The third kappa shape index (κ3) is 10.0. The van der Waals surface area contributed by atoms with E-state index in [1.807, 2.05) is 59.0 Å². The van der Waals surface area contributed by atoms with E-state index in [9.17, 15) is 24.0 Å². The number of aryl methyl sites for hydroxylation is 2. The van der Waals surface area contributed by atoms with Gasteiger partial charge < -0.3 is 40.6 Å². The Balaban J connectivity index is 1.10. The predicted octanol–water partition coefficient (Wildman–Crippen LogP) is 1.53. The molecule has 7 rings (SSSR count). The van der Waals surface area contributed by atoms with E-state index < -0.39 is 23.9 Å². The second-order valence-corrected chi connectivity index (χ2v) is 15.0. The van der Waals surface area contributed by atoms with Crippen molar-refractivity contribution in [2.45, 2.75) is 58.2 Å². The van der Waals surface area contributed by atoms with Crippen molar-refractivity contribution in [2.24, 2.45) is 0 Å². The van der Waals surface area contributed by atoms with Gasteiger partial charge in [0.05, 0.1) is 24.1 Å².